The Morgan fingerprint density at radius 1 is 1.00 bits per heavy atom. The molecule has 1 aliphatic carbocycles. The maximum atomic E-state index is 12.7. The Morgan fingerprint density at radius 3 is 2.44 bits per heavy atom. The van der Waals surface area contributed by atoms with Gasteiger partial charge in [-0.25, -0.2) is 0 Å². The molecular formula is C19H37Cl2N3O. The summed E-state index contributed by atoms with van der Waals surface area (Å²) in [6.45, 7) is 8.73. The van der Waals surface area contributed by atoms with Crippen LogP contribution in [0.25, 0.3) is 0 Å². The van der Waals surface area contributed by atoms with E-state index in [4.69, 9.17) is 0 Å². The van der Waals surface area contributed by atoms with Crippen molar-refractivity contribution >= 4 is 30.7 Å². The van der Waals surface area contributed by atoms with Crippen LogP contribution in [0.5, 0.6) is 0 Å². The second kappa shape index (κ2) is 11.6. The Hall–Kier alpha value is -0.0300. The summed E-state index contributed by atoms with van der Waals surface area (Å²) in [6.07, 6.45) is 10.0. The predicted octanol–water partition coefficient (Wildman–Crippen LogP) is 3.33. The summed E-state index contributed by atoms with van der Waals surface area (Å²) in [5.74, 6) is 1.61. The van der Waals surface area contributed by atoms with Gasteiger partial charge in [0.2, 0.25) is 5.91 Å². The average molecular weight is 394 g/mol. The third-order valence-electron chi connectivity index (χ3n) is 6.36. The first kappa shape index (κ1) is 23.0. The Balaban J connectivity index is 0.00000156. The van der Waals surface area contributed by atoms with Gasteiger partial charge in [-0.05, 0) is 57.0 Å². The number of halogens is 2. The highest BCUT2D eigenvalue weighted by atomic mass is 35.5. The van der Waals surface area contributed by atoms with Crippen LogP contribution in [0.1, 0.15) is 58.3 Å². The van der Waals surface area contributed by atoms with Gasteiger partial charge in [0.1, 0.15) is 0 Å². The summed E-state index contributed by atoms with van der Waals surface area (Å²) < 4.78 is 0. The first-order valence-corrected chi connectivity index (χ1v) is 9.96. The second-order valence-electron chi connectivity index (χ2n) is 8.00. The highest BCUT2D eigenvalue weighted by Crippen LogP contribution is 2.26. The number of nitrogens with one attached hydrogen (secondary N) is 1. The predicted molar refractivity (Wildman–Crippen MR) is 109 cm³/mol. The van der Waals surface area contributed by atoms with Gasteiger partial charge in [-0.3, -0.25) is 9.69 Å². The zero-order valence-corrected chi connectivity index (χ0v) is 17.4. The van der Waals surface area contributed by atoms with Crippen molar-refractivity contribution < 1.29 is 4.79 Å². The van der Waals surface area contributed by atoms with Crippen molar-refractivity contribution in [1.82, 2.24) is 15.1 Å². The fraction of sp³-hybridized carbons (Fsp3) is 0.947. The smallest absolute Gasteiger partial charge is 0.222 e. The highest BCUT2D eigenvalue weighted by molar-refractivity contribution is 5.85. The normalized spacial score (nSPS) is 27.1. The zero-order valence-electron chi connectivity index (χ0n) is 15.8. The number of hydrogen-bond donors (Lipinski definition) is 1. The molecule has 3 aliphatic rings. The number of carbonyl (C=O) groups excluding carboxylic acids is 1. The quantitative estimate of drug-likeness (QED) is 0.795. The average Bonchev–Trinajstić information content (AvgIpc) is 3.00. The second-order valence-corrected chi connectivity index (χ2v) is 8.00. The molecule has 3 rings (SSSR count). The fourth-order valence-electron chi connectivity index (χ4n) is 4.76. The van der Waals surface area contributed by atoms with Crippen molar-refractivity contribution in [1.29, 1.82) is 0 Å². The van der Waals surface area contributed by atoms with Crippen molar-refractivity contribution in [2.24, 2.45) is 11.8 Å². The molecule has 4 nitrogen and oxygen atoms in total. The lowest BCUT2D eigenvalue weighted by Gasteiger charge is -2.30. The van der Waals surface area contributed by atoms with Crippen LogP contribution in [0.3, 0.4) is 0 Å². The van der Waals surface area contributed by atoms with Gasteiger partial charge in [0, 0.05) is 38.6 Å². The number of rotatable bonds is 4. The van der Waals surface area contributed by atoms with Crippen LogP contribution in [0, 0.1) is 11.8 Å². The summed E-state index contributed by atoms with van der Waals surface area (Å²) >= 11 is 0. The zero-order chi connectivity index (χ0) is 16.1. The molecule has 148 valence electrons. The van der Waals surface area contributed by atoms with Gasteiger partial charge in [-0.1, -0.05) is 19.8 Å². The van der Waals surface area contributed by atoms with Gasteiger partial charge in [0.15, 0.2) is 0 Å². The van der Waals surface area contributed by atoms with Crippen LogP contribution in [0.15, 0.2) is 0 Å². The standard InChI is InChI=1S/C19H35N3O.2ClH/c1-16(17-6-4-9-20-15-17)14-19(23)22-11-5-10-21(12-13-22)18-7-2-3-8-18;;/h16-18,20H,2-15H2,1H3;2*1H. The molecule has 2 aliphatic heterocycles. The molecule has 2 unspecified atom stereocenters. The van der Waals surface area contributed by atoms with E-state index in [-0.39, 0.29) is 24.8 Å². The minimum absolute atomic E-state index is 0. The Morgan fingerprint density at radius 2 is 1.76 bits per heavy atom. The molecule has 2 heterocycles. The third kappa shape index (κ3) is 6.57. The summed E-state index contributed by atoms with van der Waals surface area (Å²) in [5.41, 5.74) is 0. The molecule has 1 saturated carbocycles. The lowest BCUT2D eigenvalue weighted by Crippen LogP contribution is -2.40. The topological polar surface area (TPSA) is 35.6 Å². The fourth-order valence-corrected chi connectivity index (χ4v) is 4.76. The molecule has 6 heteroatoms. The van der Waals surface area contributed by atoms with Crippen molar-refractivity contribution in [2.75, 3.05) is 39.3 Å². The maximum absolute atomic E-state index is 12.7. The van der Waals surface area contributed by atoms with E-state index in [0.717, 1.165) is 51.6 Å². The molecular weight excluding hydrogens is 357 g/mol. The van der Waals surface area contributed by atoms with Crippen molar-refractivity contribution in [2.45, 2.75) is 64.3 Å². The van der Waals surface area contributed by atoms with Gasteiger partial charge in [-0.15, -0.1) is 24.8 Å². The molecule has 1 N–H and O–H groups in total. The minimum atomic E-state index is 0. The molecule has 0 bridgehead atoms. The Bertz CT molecular complexity index is 385. The monoisotopic (exact) mass is 393 g/mol. The number of carbonyl (C=O) groups is 1. The molecule has 0 aromatic heterocycles. The molecule has 2 saturated heterocycles. The maximum Gasteiger partial charge on any atom is 0.222 e. The van der Waals surface area contributed by atoms with Gasteiger partial charge in [-0.2, -0.15) is 0 Å². The van der Waals surface area contributed by atoms with Crippen LogP contribution in [0.4, 0.5) is 0 Å². The number of piperidine rings is 1. The SMILES string of the molecule is CC(CC(=O)N1CCCN(C2CCCC2)CC1)C1CCCNC1.Cl.Cl. The molecule has 0 spiro atoms. The van der Waals surface area contributed by atoms with Crippen LogP contribution in [-0.4, -0.2) is 61.0 Å². The summed E-state index contributed by atoms with van der Waals surface area (Å²) in [5, 5.41) is 3.48. The first-order valence-electron chi connectivity index (χ1n) is 9.96. The third-order valence-corrected chi connectivity index (χ3v) is 6.36. The van der Waals surface area contributed by atoms with Crippen LogP contribution >= 0.6 is 24.8 Å². The van der Waals surface area contributed by atoms with E-state index in [2.05, 4.69) is 22.0 Å². The van der Waals surface area contributed by atoms with Gasteiger partial charge < -0.3 is 10.2 Å². The highest BCUT2D eigenvalue weighted by Gasteiger charge is 2.28. The number of nitrogens with zero attached hydrogens (tertiary/aromatic N) is 2. The minimum Gasteiger partial charge on any atom is -0.341 e. The van der Waals surface area contributed by atoms with E-state index in [0.29, 0.717) is 17.7 Å². The van der Waals surface area contributed by atoms with E-state index in [9.17, 15) is 4.79 Å². The van der Waals surface area contributed by atoms with Crippen molar-refractivity contribution in [3.63, 3.8) is 0 Å². The van der Waals surface area contributed by atoms with Crippen LogP contribution < -0.4 is 5.32 Å². The van der Waals surface area contributed by atoms with E-state index in [1.54, 1.807) is 0 Å². The van der Waals surface area contributed by atoms with Gasteiger partial charge in [0.05, 0.1) is 0 Å². The summed E-state index contributed by atoms with van der Waals surface area (Å²) in [7, 11) is 0. The molecule has 25 heavy (non-hydrogen) atoms. The molecule has 0 aromatic carbocycles. The molecule has 1 amide bonds. The van der Waals surface area contributed by atoms with Crippen molar-refractivity contribution in [3.05, 3.63) is 0 Å². The van der Waals surface area contributed by atoms with E-state index in [1.165, 1.54) is 45.1 Å². The van der Waals surface area contributed by atoms with Gasteiger partial charge >= 0.3 is 0 Å². The van der Waals surface area contributed by atoms with E-state index >= 15 is 0 Å². The van der Waals surface area contributed by atoms with Crippen LogP contribution in [0.2, 0.25) is 0 Å². The van der Waals surface area contributed by atoms with Gasteiger partial charge in [0.25, 0.3) is 0 Å². The van der Waals surface area contributed by atoms with Crippen LogP contribution in [-0.2, 0) is 4.79 Å². The molecule has 0 aromatic rings. The number of amides is 1. The Labute approximate surface area is 166 Å². The largest absolute Gasteiger partial charge is 0.341 e. The van der Waals surface area contributed by atoms with Crippen molar-refractivity contribution in [3.8, 4) is 0 Å². The number of hydrogen-bond acceptors (Lipinski definition) is 3. The first-order chi connectivity index (χ1) is 11.2. The summed E-state index contributed by atoms with van der Waals surface area (Å²) in [6, 6.07) is 0.803. The Kier molecular flexibility index (Phi) is 10.7. The molecule has 3 fully saturated rings. The van der Waals surface area contributed by atoms with E-state index in [1.807, 2.05) is 0 Å². The summed E-state index contributed by atoms with van der Waals surface area (Å²) in [4.78, 5) is 17.5. The molecule has 0 radical (unpaired) electrons. The molecule has 2 atom stereocenters. The van der Waals surface area contributed by atoms with E-state index < -0.39 is 0 Å². The lowest BCUT2D eigenvalue weighted by atomic mass is 9.85. The lowest BCUT2D eigenvalue weighted by molar-refractivity contribution is -0.132.